The third-order valence-corrected chi connectivity index (χ3v) is 8.00. The van der Waals surface area contributed by atoms with Crippen molar-refractivity contribution in [1.82, 2.24) is 15.5 Å². The minimum absolute atomic E-state index is 0.0256. The van der Waals surface area contributed by atoms with Crippen LogP contribution < -0.4 is 20.7 Å². The van der Waals surface area contributed by atoms with Crippen molar-refractivity contribution in [1.29, 1.82) is 0 Å². The van der Waals surface area contributed by atoms with E-state index in [1.807, 2.05) is 54.6 Å². The number of fused-ring (bicyclic) bond motifs is 1. The van der Waals surface area contributed by atoms with Crippen LogP contribution in [0.25, 0.3) is 0 Å². The zero-order chi connectivity index (χ0) is 22.1. The van der Waals surface area contributed by atoms with Gasteiger partial charge in [-0.1, -0.05) is 41.3 Å². The molecule has 1 aliphatic carbocycles. The van der Waals surface area contributed by atoms with Crippen LogP contribution in [0, 0.1) is 5.92 Å². The Morgan fingerprint density at radius 1 is 1.09 bits per heavy atom. The van der Waals surface area contributed by atoms with E-state index in [1.165, 1.54) is 23.1 Å². The van der Waals surface area contributed by atoms with Crippen LogP contribution in [0.3, 0.4) is 0 Å². The quantitative estimate of drug-likeness (QED) is 0.504. The van der Waals surface area contributed by atoms with E-state index >= 15 is 0 Å². The summed E-state index contributed by atoms with van der Waals surface area (Å²) in [5.41, 5.74) is 6.23. The number of anilines is 2. The SMILES string of the molecule is Nc1nnc(SC2NC3CCC(Cl)CC3C(=O)N2c2ccc(Oc3ccccc3)cc2)s1. The molecule has 2 fully saturated rings. The molecule has 2 aromatic carbocycles. The van der Waals surface area contributed by atoms with Gasteiger partial charge in [0.15, 0.2) is 4.34 Å². The number of hydrogen-bond donors (Lipinski definition) is 2. The minimum Gasteiger partial charge on any atom is -0.457 e. The molecular weight excluding hydrogens is 466 g/mol. The fraction of sp³-hybridized carbons (Fsp3) is 0.318. The Hall–Kier alpha value is -2.33. The number of nitrogen functional groups attached to an aromatic ring is 1. The number of nitrogens with zero attached hydrogens (tertiary/aromatic N) is 3. The average Bonchev–Trinajstić information content (AvgIpc) is 3.21. The average molecular weight is 488 g/mol. The summed E-state index contributed by atoms with van der Waals surface area (Å²) in [5, 5.41) is 12.1. The Labute approximate surface area is 199 Å². The molecule has 3 N–H and O–H groups in total. The van der Waals surface area contributed by atoms with Gasteiger partial charge in [-0.25, -0.2) is 0 Å². The fourth-order valence-electron chi connectivity index (χ4n) is 4.16. The number of nitrogens with one attached hydrogen (secondary N) is 1. The van der Waals surface area contributed by atoms with Crippen molar-refractivity contribution in [2.24, 2.45) is 5.92 Å². The Kier molecular flexibility index (Phi) is 6.23. The lowest BCUT2D eigenvalue weighted by Gasteiger charge is -2.46. The molecule has 1 saturated heterocycles. The first-order valence-electron chi connectivity index (χ1n) is 10.4. The second-order valence-electron chi connectivity index (χ2n) is 7.78. The van der Waals surface area contributed by atoms with Gasteiger partial charge in [0.05, 0.1) is 5.92 Å². The summed E-state index contributed by atoms with van der Waals surface area (Å²) in [4.78, 5) is 15.4. The minimum atomic E-state index is -0.316. The van der Waals surface area contributed by atoms with E-state index in [4.69, 9.17) is 22.1 Å². The zero-order valence-corrected chi connectivity index (χ0v) is 19.4. The number of carbonyl (C=O) groups is 1. The molecule has 4 atom stereocenters. The van der Waals surface area contributed by atoms with Gasteiger partial charge in [0.1, 0.15) is 17.0 Å². The number of para-hydroxylation sites is 1. The molecule has 3 aromatic rings. The van der Waals surface area contributed by atoms with Crippen molar-refractivity contribution in [2.75, 3.05) is 10.6 Å². The Morgan fingerprint density at radius 3 is 2.56 bits per heavy atom. The Morgan fingerprint density at radius 2 is 1.84 bits per heavy atom. The smallest absolute Gasteiger partial charge is 0.233 e. The molecule has 5 rings (SSSR count). The Bertz CT molecular complexity index is 1080. The van der Waals surface area contributed by atoms with E-state index in [0.717, 1.165) is 24.3 Å². The maximum atomic E-state index is 13.6. The predicted octanol–water partition coefficient (Wildman–Crippen LogP) is 4.70. The molecule has 7 nitrogen and oxygen atoms in total. The van der Waals surface area contributed by atoms with Gasteiger partial charge in [-0.05, 0) is 55.7 Å². The monoisotopic (exact) mass is 487 g/mol. The normalized spacial score (nSPS) is 25.4. The first-order valence-corrected chi connectivity index (χ1v) is 12.5. The zero-order valence-electron chi connectivity index (χ0n) is 17.1. The fourth-order valence-corrected chi connectivity index (χ4v) is 6.39. The van der Waals surface area contributed by atoms with Gasteiger partial charge >= 0.3 is 0 Å². The van der Waals surface area contributed by atoms with Crippen molar-refractivity contribution in [3.8, 4) is 11.5 Å². The van der Waals surface area contributed by atoms with Crippen LogP contribution in [0.1, 0.15) is 19.3 Å². The van der Waals surface area contributed by atoms with Gasteiger partial charge < -0.3 is 10.5 Å². The summed E-state index contributed by atoms with van der Waals surface area (Å²) < 4.78 is 6.61. The summed E-state index contributed by atoms with van der Waals surface area (Å²) >= 11 is 9.17. The van der Waals surface area contributed by atoms with Gasteiger partial charge in [0, 0.05) is 17.1 Å². The number of amides is 1. The number of halogens is 1. The molecule has 1 aromatic heterocycles. The number of nitrogens with two attached hydrogens (primary N) is 1. The number of ether oxygens (including phenoxy) is 1. The molecule has 1 aliphatic heterocycles. The maximum absolute atomic E-state index is 13.6. The highest BCUT2D eigenvalue weighted by Crippen LogP contribution is 2.40. The summed E-state index contributed by atoms with van der Waals surface area (Å²) in [5.74, 6) is 1.39. The molecule has 1 saturated carbocycles. The predicted molar refractivity (Wildman–Crippen MR) is 128 cm³/mol. The molecule has 166 valence electrons. The molecule has 2 heterocycles. The van der Waals surface area contributed by atoms with Crippen molar-refractivity contribution in [2.45, 2.75) is 40.5 Å². The number of aromatic nitrogens is 2. The first-order chi connectivity index (χ1) is 15.6. The van der Waals surface area contributed by atoms with Crippen LogP contribution in [0.5, 0.6) is 11.5 Å². The molecule has 32 heavy (non-hydrogen) atoms. The van der Waals surface area contributed by atoms with Crippen molar-refractivity contribution < 1.29 is 9.53 Å². The van der Waals surface area contributed by atoms with Crippen LogP contribution in [0.15, 0.2) is 58.9 Å². The van der Waals surface area contributed by atoms with Crippen LogP contribution in [-0.2, 0) is 4.79 Å². The summed E-state index contributed by atoms with van der Waals surface area (Å²) in [6.07, 6.45) is 2.45. The maximum Gasteiger partial charge on any atom is 0.233 e. The van der Waals surface area contributed by atoms with E-state index in [2.05, 4.69) is 15.5 Å². The molecule has 10 heteroatoms. The number of rotatable bonds is 5. The number of benzene rings is 2. The van der Waals surface area contributed by atoms with Crippen molar-refractivity contribution in [3.63, 3.8) is 0 Å². The van der Waals surface area contributed by atoms with E-state index < -0.39 is 0 Å². The van der Waals surface area contributed by atoms with Crippen molar-refractivity contribution in [3.05, 3.63) is 54.6 Å². The topological polar surface area (TPSA) is 93.4 Å². The van der Waals surface area contributed by atoms with Crippen LogP contribution in [-0.4, -0.2) is 33.0 Å². The van der Waals surface area contributed by atoms with Crippen molar-refractivity contribution >= 4 is 51.4 Å². The van der Waals surface area contributed by atoms with E-state index in [-0.39, 0.29) is 28.7 Å². The van der Waals surface area contributed by atoms with Gasteiger partial charge in [-0.15, -0.1) is 21.8 Å². The molecule has 0 bridgehead atoms. The summed E-state index contributed by atoms with van der Waals surface area (Å²) in [6, 6.07) is 17.2. The van der Waals surface area contributed by atoms with Gasteiger partial charge in [-0.2, -0.15) is 0 Å². The highest BCUT2D eigenvalue weighted by atomic mass is 35.5. The van der Waals surface area contributed by atoms with Crippen LogP contribution in [0.2, 0.25) is 0 Å². The van der Waals surface area contributed by atoms with Gasteiger partial charge in [0.2, 0.25) is 11.0 Å². The second kappa shape index (κ2) is 9.27. The molecular formula is C22H22ClN5O2S2. The number of alkyl halides is 1. The largest absolute Gasteiger partial charge is 0.457 e. The van der Waals surface area contributed by atoms with E-state index in [0.29, 0.717) is 21.6 Å². The lowest BCUT2D eigenvalue weighted by atomic mass is 9.82. The lowest BCUT2D eigenvalue weighted by molar-refractivity contribution is -0.126. The third kappa shape index (κ3) is 4.56. The Balaban J connectivity index is 1.41. The second-order valence-corrected chi connectivity index (χ2v) is 10.7. The molecule has 2 aliphatic rings. The highest BCUT2D eigenvalue weighted by molar-refractivity contribution is 8.01. The lowest BCUT2D eigenvalue weighted by Crippen LogP contribution is -2.63. The van der Waals surface area contributed by atoms with Crippen LogP contribution >= 0.6 is 34.7 Å². The molecule has 0 radical (unpaired) electrons. The summed E-state index contributed by atoms with van der Waals surface area (Å²) in [7, 11) is 0. The van der Waals surface area contributed by atoms with E-state index in [1.54, 1.807) is 4.90 Å². The van der Waals surface area contributed by atoms with Crippen LogP contribution in [0.4, 0.5) is 10.8 Å². The molecule has 1 amide bonds. The van der Waals surface area contributed by atoms with Gasteiger partial charge in [0.25, 0.3) is 0 Å². The standard InChI is InChI=1S/C22H22ClN5O2S2/c23-13-6-11-18-17(12-13)19(29)28(21(25-18)32-22-27-26-20(24)31-22)14-7-9-16(10-8-14)30-15-4-2-1-3-5-15/h1-5,7-10,13,17-18,21,25H,6,11-12H2,(H2,24,26). The number of hydrogen-bond acceptors (Lipinski definition) is 8. The summed E-state index contributed by atoms with van der Waals surface area (Å²) in [6.45, 7) is 0. The third-order valence-electron chi connectivity index (χ3n) is 5.66. The van der Waals surface area contributed by atoms with E-state index in [9.17, 15) is 4.79 Å². The number of thioether (sulfide) groups is 1. The van der Waals surface area contributed by atoms with Gasteiger partial charge in [-0.3, -0.25) is 15.0 Å². The molecule has 0 spiro atoms. The highest BCUT2D eigenvalue weighted by Gasteiger charge is 2.45. The molecule has 4 unspecified atom stereocenters. The first kappa shape index (κ1) is 21.5. The number of carbonyl (C=O) groups excluding carboxylic acids is 1.